The largest absolute Gasteiger partial charge is 0.392 e. The number of hydrogen-bond acceptors (Lipinski definition) is 5. The van der Waals surface area contributed by atoms with Crippen molar-refractivity contribution in [3.63, 3.8) is 0 Å². The predicted molar refractivity (Wildman–Crippen MR) is 41.1 cm³/mol. The van der Waals surface area contributed by atoms with Gasteiger partial charge in [-0.1, -0.05) is 0 Å². The van der Waals surface area contributed by atoms with Crippen LogP contribution in [0.3, 0.4) is 0 Å². The molecule has 4 nitrogen and oxygen atoms in total. The summed E-state index contributed by atoms with van der Waals surface area (Å²) in [7, 11) is 0. The van der Waals surface area contributed by atoms with E-state index in [-0.39, 0.29) is 0 Å². The molecule has 1 fully saturated rings. The van der Waals surface area contributed by atoms with E-state index in [0.717, 1.165) is 11.8 Å². The summed E-state index contributed by atoms with van der Waals surface area (Å²) in [5, 5.41) is 35.9. The molecule has 0 aromatic heterocycles. The third-order valence-corrected chi connectivity index (χ3v) is 3.30. The first-order valence-electron chi connectivity index (χ1n) is 3.41. The van der Waals surface area contributed by atoms with Crippen molar-refractivity contribution in [1.29, 1.82) is 0 Å². The van der Waals surface area contributed by atoms with Gasteiger partial charge in [-0.2, -0.15) is 0 Å². The van der Waals surface area contributed by atoms with Gasteiger partial charge in [-0.3, -0.25) is 0 Å². The zero-order valence-corrected chi connectivity index (χ0v) is 6.90. The van der Waals surface area contributed by atoms with Crippen molar-refractivity contribution in [3.05, 3.63) is 0 Å². The van der Waals surface area contributed by atoms with Crippen LogP contribution in [-0.4, -0.2) is 49.4 Å². The average molecular weight is 180 g/mol. The summed E-state index contributed by atoms with van der Waals surface area (Å²) in [6.45, 7) is 1.52. The van der Waals surface area contributed by atoms with Crippen molar-refractivity contribution < 1.29 is 20.4 Å². The Balaban J connectivity index is 2.59. The Bertz CT molecular complexity index is 141. The minimum atomic E-state index is -1.14. The van der Waals surface area contributed by atoms with Crippen LogP contribution in [0.5, 0.6) is 0 Å². The van der Waals surface area contributed by atoms with Crippen LogP contribution >= 0.6 is 11.8 Å². The van der Waals surface area contributed by atoms with Gasteiger partial charge in [-0.25, -0.2) is 0 Å². The fourth-order valence-corrected chi connectivity index (χ4v) is 2.28. The second-order valence-electron chi connectivity index (χ2n) is 2.71. The first kappa shape index (κ1) is 9.28. The number of rotatable bonds is 1. The van der Waals surface area contributed by atoms with E-state index >= 15 is 0 Å². The molecule has 0 saturated carbocycles. The molecule has 1 aliphatic heterocycles. The van der Waals surface area contributed by atoms with Crippen LogP contribution in [0.15, 0.2) is 0 Å². The predicted octanol–water partition coefficient (Wildman–Crippen LogP) is -1.48. The Morgan fingerprint density at radius 3 is 1.91 bits per heavy atom. The Hall–Kier alpha value is 0.190. The summed E-state index contributed by atoms with van der Waals surface area (Å²) >= 11 is 0.995. The van der Waals surface area contributed by atoms with Crippen LogP contribution in [0.1, 0.15) is 6.92 Å². The van der Waals surface area contributed by atoms with Gasteiger partial charge in [-0.15, -0.1) is 11.8 Å². The quantitative estimate of drug-likeness (QED) is 0.396. The monoisotopic (exact) mass is 180 g/mol. The molecule has 0 amide bonds. The second-order valence-corrected chi connectivity index (χ2v) is 4.01. The van der Waals surface area contributed by atoms with Gasteiger partial charge in [-0.05, 0) is 6.92 Å². The molecule has 0 bridgehead atoms. The zero-order valence-electron chi connectivity index (χ0n) is 6.08. The van der Waals surface area contributed by atoms with E-state index < -0.39 is 29.0 Å². The molecule has 11 heavy (non-hydrogen) atoms. The molecule has 66 valence electrons. The number of aliphatic hydroxyl groups is 4. The Morgan fingerprint density at radius 2 is 1.73 bits per heavy atom. The lowest BCUT2D eigenvalue weighted by Crippen LogP contribution is -2.36. The van der Waals surface area contributed by atoms with Gasteiger partial charge in [0, 0.05) is 0 Å². The van der Waals surface area contributed by atoms with Crippen LogP contribution < -0.4 is 0 Å². The molecule has 4 N–H and O–H groups in total. The molecule has 5 heteroatoms. The topological polar surface area (TPSA) is 80.9 Å². The third kappa shape index (κ3) is 1.68. The third-order valence-electron chi connectivity index (χ3n) is 1.75. The van der Waals surface area contributed by atoms with Crippen LogP contribution in [0.25, 0.3) is 0 Å². The SMILES string of the molecule is C[C@@H](O)[C@@H]1SC(O)[C@H](O)[C@H]1O. The van der Waals surface area contributed by atoms with Crippen molar-refractivity contribution in [2.24, 2.45) is 0 Å². The first-order chi connectivity index (χ1) is 5.04. The Morgan fingerprint density at radius 1 is 1.18 bits per heavy atom. The summed E-state index contributed by atoms with van der Waals surface area (Å²) in [4.78, 5) is 0. The summed E-state index contributed by atoms with van der Waals surface area (Å²) in [5.74, 6) is 0. The number of aliphatic hydroxyl groups excluding tert-OH is 4. The van der Waals surface area contributed by atoms with Crippen LogP contribution in [0.2, 0.25) is 0 Å². The lowest BCUT2D eigenvalue weighted by molar-refractivity contribution is -0.0254. The molecule has 0 aromatic rings. The highest BCUT2D eigenvalue weighted by molar-refractivity contribution is 8.00. The van der Waals surface area contributed by atoms with E-state index in [4.69, 9.17) is 15.3 Å². The van der Waals surface area contributed by atoms with Gasteiger partial charge in [0.1, 0.15) is 11.5 Å². The second kappa shape index (κ2) is 3.28. The molecular formula is C6H12O4S. The Kier molecular flexibility index (Phi) is 2.77. The maximum Gasteiger partial charge on any atom is 0.128 e. The fraction of sp³-hybridized carbons (Fsp3) is 1.00. The zero-order chi connectivity index (χ0) is 8.59. The van der Waals surface area contributed by atoms with E-state index in [1.54, 1.807) is 0 Å². The van der Waals surface area contributed by atoms with Gasteiger partial charge < -0.3 is 20.4 Å². The maximum atomic E-state index is 9.21. The molecule has 1 aliphatic rings. The molecule has 0 aromatic carbocycles. The van der Waals surface area contributed by atoms with E-state index in [1.165, 1.54) is 6.92 Å². The van der Waals surface area contributed by atoms with Crippen LogP contribution in [0.4, 0.5) is 0 Å². The first-order valence-corrected chi connectivity index (χ1v) is 4.36. The van der Waals surface area contributed by atoms with E-state index in [2.05, 4.69) is 0 Å². The molecule has 1 unspecified atom stereocenters. The average Bonchev–Trinajstić information content (AvgIpc) is 2.17. The minimum absolute atomic E-state index is 0.486. The van der Waals surface area contributed by atoms with Gasteiger partial charge in [0.2, 0.25) is 0 Å². The maximum absolute atomic E-state index is 9.21. The molecule has 1 saturated heterocycles. The highest BCUT2D eigenvalue weighted by Gasteiger charge is 2.43. The smallest absolute Gasteiger partial charge is 0.128 e. The lowest BCUT2D eigenvalue weighted by Gasteiger charge is -2.16. The lowest BCUT2D eigenvalue weighted by atomic mass is 10.1. The molecule has 0 aliphatic carbocycles. The summed E-state index contributed by atoms with van der Waals surface area (Å²) < 4.78 is 0. The van der Waals surface area contributed by atoms with Crippen LogP contribution in [0, 0.1) is 0 Å². The van der Waals surface area contributed by atoms with Crippen LogP contribution in [-0.2, 0) is 0 Å². The van der Waals surface area contributed by atoms with Crippen molar-refractivity contribution >= 4 is 11.8 Å². The molecular weight excluding hydrogens is 168 g/mol. The van der Waals surface area contributed by atoms with Crippen molar-refractivity contribution in [2.45, 2.75) is 35.9 Å². The van der Waals surface area contributed by atoms with Crippen molar-refractivity contribution in [1.82, 2.24) is 0 Å². The van der Waals surface area contributed by atoms with Gasteiger partial charge >= 0.3 is 0 Å². The van der Waals surface area contributed by atoms with E-state index in [0.29, 0.717) is 0 Å². The van der Waals surface area contributed by atoms with Gasteiger partial charge in [0.25, 0.3) is 0 Å². The Labute approximate surface area is 68.9 Å². The summed E-state index contributed by atoms with van der Waals surface area (Å²) in [5.41, 5.74) is -0.982. The van der Waals surface area contributed by atoms with Gasteiger partial charge in [0.15, 0.2) is 0 Å². The standard InChI is InChI=1S/C6H12O4S/c1-2(7)5-3(8)4(9)6(10)11-5/h2-10H,1H3/t2-,3-,4-,5+,6?/m1/s1. The molecule has 0 spiro atoms. The van der Waals surface area contributed by atoms with E-state index in [9.17, 15) is 5.11 Å². The molecule has 1 heterocycles. The van der Waals surface area contributed by atoms with Crippen molar-refractivity contribution in [2.75, 3.05) is 0 Å². The molecule has 5 atom stereocenters. The number of hydrogen-bond donors (Lipinski definition) is 4. The summed E-state index contributed by atoms with van der Waals surface area (Å²) in [6.07, 6.45) is -2.89. The van der Waals surface area contributed by atoms with E-state index in [1.807, 2.05) is 0 Å². The summed E-state index contributed by atoms with van der Waals surface area (Å²) in [6, 6.07) is 0. The van der Waals surface area contributed by atoms with Gasteiger partial charge in [0.05, 0.1) is 17.5 Å². The molecule has 0 radical (unpaired) electrons. The number of thioether (sulfide) groups is 1. The molecule has 1 rings (SSSR count). The van der Waals surface area contributed by atoms with Crippen molar-refractivity contribution in [3.8, 4) is 0 Å². The normalized spacial score (nSPS) is 47.7. The highest BCUT2D eigenvalue weighted by atomic mass is 32.2. The highest BCUT2D eigenvalue weighted by Crippen LogP contribution is 2.34. The minimum Gasteiger partial charge on any atom is -0.392 e. The fourth-order valence-electron chi connectivity index (χ4n) is 1.08.